The zero-order valence-electron chi connectivity index (χ0n) is 16.0. The summed E-state index contributed by atoms with van der Waals surface area (Å²) in [7, 11) is 0. The molecule has 3 N–H and O–H groups in total. The normalized spacial score (nSPS) is 16.9. The molecule has 3 amide bonds. The van der Waals surface area contributed by atoms with E-state index >= 15 is 0 Å². The fraction of sp³-hybridized carbons (Fsp3) is 0.190. The summed E-state index contributed by atoms with van der Waals surface area (Å²) in [6.07, 6.45) is -4.59. The Kier molecular flexibility index (Phi) is 5.27. The zero-order valence-corrected chi connectivity index (χ0v) is 16.0. The summed E-state index contributed by atoms with van der Waals surface area (Å²) in [4.78, 5) is 26.1. The van der Waals surface area contributed by atoms with Crippen molar-refractivity contribution in [1.82, 2.24) is 5.32 Å². The largest absolute Gasteiger partial charge is 0.416 e. The third-order valence-electron chi connectivity index (χ3n) is 4.89. The molecule has 1 heterocycles. The number of rotatable bonds is 3. The minimum Gasteiger partial charge on any atom is -0.366 e. The van der Waals surface area contributed by atoms with Crippen LogP contribution >= 0.6 is 0 Å². The third kappa shape index (κ3) is 3.72. The van der Waals surface area contributed by atoms with E-state index in [4.69, 9.17) is 11.0 Å². The minimum atomic E-state index is -4.59. The molecule has 154 valence electrons. The molecular weight excluding hydrogens is 397 g/mol. The molecule has 0 aliphatic carbocycles. The van der Waals surface area contributed by atoms with Crippen LogP contribution in [0.15, 0.2) is 53.7 Å². The molecule has 0 saturated carbocycles. The van der Waals surface area contributed by atoms with E-state index < -0.39 is 29.7 Å². The summed E-state index contributed by atoms with van der Waals surface area (Å²) in [5, 5.41) is 11.7. The van der Waals surface area contributed by atoms with Crippen molar-refractivity contribution in [2.75, 3.05) is 4.90 Å². The number of nitrogens with two attached hydrogens (primary N) is 1. The first-order valence-electron chi connectivity index (χ1n) is 8.83. The summed E-state index contributed by atoms with van der Waals surface area (Å²) in [6, 6.07) is 9.40. The number of alkyl halides is 3. The van der Waals surface area contributed by atoms with E-state index in [0.29, 0.717) is 16.7 Å². The van der Waals surface area contributed by atoms with Crippen molar-refractivity contribution in [2.45, 2.75) is 26.1 Å². The van der Waals surface area contributed by atoms with Crippen LogP contribution in [0.3, 0.4) is 0 Å². The molecule has 1 atom stereocenters. The molecule has 3 rings (SSSR count). The molecule has 30 heavy (non-hydrogen) atoms. The molecule has 0 radical (unpaired) electrons. The van der Waals surface area contributed by atoms with Gasteiger partial charge in [-0.2, -0.15) is 18.4 Å². The van der Waals surface area contributed by atoms with E-state index in [2.05, 4.69) is 5.32 Å². The van der Waals surface area contributed by atoms with Crippen LogP contribution in [0.1, 0.15) is 35.2 Å². The number of carbonyl (C=O) groups excluding carboxylic acids is 2. The highest BCUT2D eigenvalue weighted by Crippen LogP contribution is 2.37. The monoisotopic (exact) mass is 414 g/mol. The first kappa shape index (κ1) is 20.9. The van der Waals surface area contributed by atoms with E-state index in [0.717, 1.165) is 17.0 Å². The van der Waals surface area contributed by atoms with Crippen molar-refractivity contribution in [3.63, 3.8) is 0 Å². The van der Waals surface area contributed by atoms with Crippen molar-refractivity contribution in [2.24, 2.45) is 5.73 Å². The molecule has 6 nitrogen and oxygen atoms in total. The van der Waals surface area contributed by atoms with Crippen molar-refractivity contribution < 1.29 is 22.8 Å². The number of carbonyl (C=O) groups is 2. The lowest BCUT2D eigenvalue weighted by Gasteiger charge is -2.36. The lowest BCUT2D eigenvalue weighted by molar-refractivity contribution is -0.137. The number of nitriles is 1. The van der Waals surface area contributed by atoms with Gasteiger partial charge >= 0.3 is 12.2 Å². The maximum atomic E-state index is 13.1. The van der Waals surface area contributed by atoms with Crippen LogP contribution in [0.25, 0.3) is 0 Å². The minimum absolute atomic E-state index is 0.0415. The van der Waals surface area contributed by atoms with Crippen LogP contribution in [0.2, 0.25) is 0 Å². The fourth-order valence-electron chi connectivity index (χ4n) is 3.50. The van der Waals surface area contributed by atoms with Gasteiger partial charge in [-0.05, 0) is 55.3 Å². The molecule has 0 bridgehead atoms. The molecule has 9 heteroatoms. The van der Waals surface area contributed by atoms with Gasteiger partial charge in [0, 0.05) is 5.70 Å². The Morgan fingerprint density at radius 2 is 1.90 bits per heavy atom. The van der Waals surface area contributed by atoms with Crippen LogP contribution in [-0.4, -0.2) is 11.9 Å². The van der Waals surface area contributed by atoms with Gasteiger partial charge in [0.05, 0.1) is 34.5 Å². The first-order valence-corrected chi connectivity index (χ1v) is 8.83. The van der Waals surface area contributed by atoms with Crippen LogP contribution in [0, 0.1) is 18.3 Å². The molecule has 1 aliphatic rings. The van der Waals surface area contributed by atoms with Gasteiger partial charge in [-0.15, -0.1) is 0 Å². The van der Waals surface area contributed by atoms with Gasteiger partial charge in [0.25, 0.3) is 0 Å². The Morgan fingerprint density at radius 1 is 1.20 bits per heavy atom. The number of amides is 3. The van der Waals surface area contributed by atoms with E-state index in [1.807, 2.05) is 6.07 Å². The maximum Gasteiger partial charge on any atom is 0.416 e. The maximum absolute atomic E-state index is 13.1. The standard InChI is InChI=1S/C21H17F3N4O2/c1-11-8-13(10-25)6-7-16(11)18-17(19(26)29)12(2)28(20(30)27-18)15-5-3-4-14(9-15)21(22,23)24/h3-9,18H,1-2H3,(H2,26,29)(H,27,30). The number of urea groups is 1. The molecule has 1 aliphatic heterocycles. The zero-order chi connectivity index (χ0) is 22.2. The number of halogens is 3. The highest BCUT2D eigenvalue weighted by molar-refractivity contribution is 6.04. The second-order valence-electron chi connectivity index (χ2n) is 6.81. The summed E-state index contributed by atoms with van der Waals surface area (Å²) >= 11 is 0. The van der Waals surface area contributed by atoms with Crippen molar-refractivity contribution in [3.8, 4) is 6.07 Å². The highest BCUT2D eigenvalue weighted by Gasteiger charge is 2.37. The molecule has 0 saturated heterocycles. The number of allylic oxidation sites excluding steroid dienone is 1. The molecule has 0 aromatic heterocycles. The average Bonchev–Trinajstić information content (AvgIpc) is 2.66. The predicted octanol–water partition coefficient (Wildman–Crippen LogP) is 3.92. The van der Waals surface area contributed by atoms with E-state index in [9.17, 15) is 22.8 Å². The van der Waals surface area contributed by atoms with Gasteiger partial charge in [0.15, 0.2) is 0 Å². The predicted molar refractivity (Wildman–Crippen MR) is 103 cm³/mol. The molecule has 0 fully saturated rings. The molecular formula is C21H17F3N4O2. The van der Waals surface area contributed by atoms with Gasteiger partial charge in [0.2, 0.25) is 5.91 Å². The molecule has 2 aromatic carbocycles. The van der Waals surface area contributed by atoms with Gasteiger partial charge < -0.3 is 11.1 Å². The Bertz CT molecular complexity index is 1120. The van der Waals surface area contributed by atoms with Gasteiger partial charge in [-0.3, -0.25) is 9.69 Å². The summed E-state index contributed by atoms with van der Waals surface area (Å²) in [6.45, 7) is 3.17. The number of primary amides is 1. The molecule has 2 aromatic rings. The molecule has 1 unspecified atom stereocenters. The number of benzene rings is 2. The van der Waals surface area contributed by atoms with Crippen molar-refractivity contribution >= 4 is 17.6 Å². The topological polar surface area (TPSA) is 99.2 Å². The number of hydrogen-bond acceptors (Lipinski definition) is 3. The fourth-order valence-corrected chi connectivity index (χ4v) is 3.50. The van der Waals surface area contributed by atoms with E-state index in [-0.39, 0.29) is 17.0 Å². The second-order valence-corrected chi connectivity index (χ2v) is 6.81. The Balaban J connectivity index is 2.14. The van der Waals surface area contributed by atoms with Gasteiger partial charge in [-0.25, -0.2) is 4.79 Å². The SMILES string of the molecule is CC1=C(C(N)=O)C(c2ccc(C#N)cc2C)NC(=O)N1c1cccc(C(F)(F)F)c1. The van der Waals surface area contributed by atoms with Crippen molar-refractivity contribution in [1.29, 1.82) is 5.26 Å². The third-order valence-corrected chi connectivity index (χ3v) is 4.89. The van der Waals surface area contributed by atoms with E-state index in [1.165, 1.54) is 19.1 Å². The Morgan fingerprint density at radius 3 is 2.47 bits per heavy atom. The number of anilines is 1. The smallest absolute Gasteiger partial charge is 0.366 e. The second kappa shape index (κ2) is 7.55. The quantitative estimate of drug-likeness (QED) is 0.796. The van der Waals surface area contributed by atoms with Gasteiger partial charge in [0.1, 0.15) is 0 Å². The van der Waals surface area contributed by atoms with Crippen molar-refractivity contribution in [3.05, 3.63) is 76.0 Å². The van der Waals surface area contributed by atoms with Crippen LogP contribution in [0.4, 0.5) is 23.7 Å². The van der Waals surface area contributed by atoms with Crippen LogP contribution in [0.5, 0.6) is 0 Å². The molecule has 0 spiro atoms. The number of hydrogen-bond donors (Lipinski definition) is 2. The Labute approximate surface area is 170 Å². The lowest BCUT2D eigenvalue weighted by Crippen LogP contribution is -2.49. The number of aryl methyl sites for hydroxylation is 1. The summed E-state index contributed by atoms with van der Waals surface area (Å²) < 4.78 is 39.3. The summed E-state index contributed by atoms with van der Waals surface area (Å²) in [5.41, 5.74) is 6.38. The average molecular weight is 414 g/mol. The Hall–Kier alpha value is -3.80. The van der Waals surface area contributed by atoms with Crippen LogP contribution in [-0.2, 0) is 11.0 Å². The van der Waals surface area contributed by atoms with Crippen LogP contribution < -0.4 is 16.0 Å². The van der Waals surface area contributed by atoms with Gasteiger partial charge in [-0.1, -0.05) is 12.1 Å². The number of nitrogens with one attached hydrogen (secondary N) is 1. The summed E-state index contributed by atoms with van der Waals surface area (Å²) in [5.74, 6) is -0.821. The highest BCUT2D eigenvalue weighted by atomic mass is 19.4. The first-order chi connectivity index (χ1) is 14.0. The van der Waals surface area contributed by atoms with E-state index in [1.54, 1.807) is 25.1 Å². The lowest BCUT2D eigenvalue weighted by atomic mass is 9.90. The number of nitrogens with zero attached hydrogens (tertiary/aromatic N) is 2.